The molecule has 60 heavy (non-hydrogen) atoms. The fraction of sp³-hybridized carbons (Fsp3) is 0.796. The zero-order valence-electron chi connectivity index (χ0n) is 39.7. The molecule has 6 heteroatoms. The average molecular weight is 841 g/mol. The summed E-state index contributed by atoms with van der Waals surface area (Å²) < 4.78 is 16.8. The first-order chi connectivity index (χ1) is 29.5. The van der Waals surface area contributed by atoms with Crippen molar-refractivity contribution in [3.8, 4) is 0 Å². The van der Waals surface area contributed by atoms with Gasteiger partial charge >= 0.3 is 17.9 Å². The Morgan fingerprint density at radius 3 is 1.00 bits per heavy atom. The van der Waals surface area contributed by atoms with E-state index < -0.39 is 6.10 Å². The molecule has 0 aliphatic heterocycles. The van der Waals surface area contributed by atoms with Crippen molar-refractivity contribution < 1.29 is 28.6 Å². The highest BCUT2D eigenvalue weighted by atomic mass is 16.6. The van der Waals surface area contributed by atoms with Crippen LogP contribution in [-0.4, -0.2) is 37.2 Å². The van der Waals surface area contributed by atoms with Crippen molar-refractivity contribution in [1.82, 2.24) is 0 Å². The van der Waals surface area contributed by atoms with Crippen LogP contribution in [0.2, 0.25) is 0 Å². The van der Waals surface area contributed by atoms with Gasteiger partial charge in [0, 0.05) is 19.3 Å². The molecule has 1 atom stereocenters. The molecule has 0 saturated carbocycles. The number of esters is 3. The standard InChI is InChI=1S/C54H96O6/c1-4-7-10-13-16-19-22-25-26-27-28-30-32-35-38-41-44-47-53(56)59-50-51(49-58-52(55)46-43-40-37-34-31-24-21-18-15-12-9-6-3)60-54(57)48-45-42-39-36-33-29-23-20-17-14-11-8-5-2/h16,19-20,23,25-26,28,30,51H,4-15,17-18,21-22,24,27,29,31-50H2,1-3H3/b19-16-,23-20-,26-25-,30-28-/t51-/m1/s1. The van der Waals surface area contributed by atoms with E-state index in [1.54, 1.807) is 0 Å². The molecule has 0 aliphatic rings. The van der Waals surface area contributed by atoms with Gasteiger partial charge in [0.1, 0.15) is 13.2 Å². The summed E-state index contributed by atoms with van der Waals surface area (Å²) in [5.74, 6) is -0.907. The molecular weight excluding hydrogens is 745 g/mol. The summed E-state index contributed by atoms with van der Waals surface area (Å²) in [5, 5.41) is 0. The minimum Gasteiger partial charge on any atom is -0.462 e. The van der Waals surface area contributed by atoms with Gasteiger partial charge in [0.15, 0.2) is 6.10 Å². The number of hydrogen-bond acceptors (Lipinski definition) is 6. The van der Waals surface area contributed by atoms with Gasteiger partial charge in [0.2, 0.25) is 0 Å². The molecule has 0 heterocycles. The lowest BCUT2D eigenvalue weighted by atomic mass is 10.0. The maximum atomic E-state index is 12.8. The number of ether oxygens (including phenoxy) is 3. The second-order valence-corrected chi connectivity index (χ2v) is 17.1. The van der Waals surface area contributed by atoms with E-state index in [1.165, 1.54) is 122 Å². The quantitative estimate of drug-likeness (QED) is 0.0263. The zero-order chi connectivity index (χ0) is 43.7. The molecule has 0 spiro atoms. The summed E-state index contributed by atoms with van der Waals surface area (Å²) in [7, 11) is 0. The molecule has 0 fully saturated rings. The Bertz CT molecular complexity index is 1060. The second-order valence-electron chi connectivity index (χ2n) is 17.1. The Morgan fingerprint density at radius 2 is 0.600 bits per heavy atom. The molecule has 0 saturated heterocycles. The van der Waals surface area contributed by atoms with E-state index in [1.807, 2.05) is 0 Å². The SMILES string of the molecule is CCCCC/C=C\C/C=C\C/C=C\CCCCCCC(=O)OC[C@@H](COC(=O)CCCCCCCCCCCCCC)OC(=O)CCCCCCC/C=C\CCCCCC. The van der Waals surface area contributed by atoms with Crippen LogP contribution in [0.5, 0.6) is 0 Å². The van der Waals surface area contributed by atoms with Crippen LogP contribution >= 0.6 is 0 Å². The van der Waals surface area contributed by atoms with Gasteiger partial charge in [0.05, 0.1) is 0 Å². The summed E-state index contributed by atoms with van der Waals surface area (Å²) in [5.41, 5.74) is 0. The fourth-order valence-corrected chi connectivity index (χ4v) is 7.15. The maximum absolute atomic E-state index is 12.8. The summed E-state index contributed by atoms with van der Waals surface area (Å²) in [6, 6.07) is 0. The van der Waals surface area contributed by atoms with Crippen molar-refractivity contribution in [2.75, 3.05) is 13.2 Å². The molecular formula is C54H96O6. The molecule has 0 N–H and O–H groups in total. The van der Waals surface area contributed by atoms with Crippen molar-refractivity contribution in [3.05, 3.63) is 48.6 Å². The van der Waals surface area contributed by atoms with E-state index in [-0.39, 0.29) is 31.1 Å². The van der Waals surface area contributed by atoms with E-state index in [9.17, 15) is 14.4 Å². The van der Waals surface area contributed by atoms with Crippen LogP contribution in [0.25, 0.3) is 0 Å². The van der Waals surface area contributed by atoms with Crippen LogP contribution in [0.15, 0.2) is 48.6 Å². The summed E-state index contributed by atoms with van der Waals surface area (Å²) in [6.07, 6.45) is 58.0. The lowest BCUT2D eigenvalue weighted by Crippen LogP contribution is -2.30. The molecule has 0 radical (unpaired) electrons. The van der Waals surface area contributed by atoms with Crippen LogP contribution in [0.3, 0.4) is 0 Å². The van der Waals surface area contributed by atoms with E-state index in [2.05, 4.69) is 69.4 Å². The lowest BCUT2D eigenvalue weighted by molar-refractivity contribution is -0.167. The molecule has 6 nitrogen and oxygen atoms in total. The monoisotopic (exact) mass is 841 g/mol. The van der Waals surface area contributed by atoms with Crippen LogP contribution < -0.4 is 0 Å². The number of rotatable bonds is 46. The third-order valence-electron chi connectivity index (χ3n) is 11.1. The van der Waals surface area contributed by atoms with Crippen LogP contribution in [-0.2, 0) is 28.6 Å². The minimum atomic E-state index is -0.783. The highest BCUT2D eigenvalue weighted by Crippen LogP contribution is 2.14. The summed E-state index contributed by atoms with van der Waals surface area (Å²) in [4.78, 5) is 37.9. The van der Waals surface area contributed by atoms with Gasteiger partial charge in [-0.05, 0) is 83.5 Å². The van der Waals surface area contributed by atoms with Crippen molar-refractivity contribution >= 4 is 17.9 Å². The van der Waals surface area contributed by atoms with Crippen molar-refractivity contribution in [1.29, 1.82) is 0 Å². The summed E-state index contributed by atoms with van der Waals surface area (Å²) >= 11 is 0. The highest BCUT2D eigenvalue weighted by molar-refractivity contribution is 5.71. The second kappa shape index (κ2) is 49.0. The molecule has 0 aromatic rings. The Balaban J connectivity index is 4.40. The largest absolute Gasteiger partial charge is 0.462 e. The third-order valence-corrected chi connectivity index (χ3v) is 11.1. The molecule has 0 amide bonds. The number of unbranched alkanes of at least 4 members (excludes halogenated alkanes) is 27. The lowest BCUT2D eigenvalue weighted by Gasteiger charge is -2.18. The zero-order valence-corrected chi connectivity index (χ0v) is 39.7. The normalized spacial score (nSPS) is 12.4. The Hall–Kier alpha value is -2.63. The Labute approximate surface area is 371 Å². The van der Waals surface area contributed by atoms with Crippen LogP contribution in [0, 0.1) is 0 Å². The Morgan fingerprint density at radius 1 is 0.333 bits per heavy atom. The van der Waals surface area contributed by atoms with E-state index in [0.29, 0.717) is 19.3 Å². The van der Waals surface area contributed by atoms with Gasteiger partial charge in [0.25, 0.3) is 0 Å². The first kappa shape index (κ1) is 57.4. The van der Waals surface area contributed by atoms with E-state index in [4.69, 9.17) is 14.2 Å². The third kappa shape index (κ3) is 46.4. The predicted octanol–water partition coefficient (Wildman–Crippen LogP) is 16.7. The van der Waals surface area contributed by atoms with E-state index >= 15 is 0 Å². The van der Waals surface area contributed by atoms with E-state index in [0.717, 1.165) is 96.3 Å². The molecule has 0 aromatic heterocycles. The first-order valence-corrected chi connectivity index (χ1v) is 25.6. The maximum Gasteiger partial charge on any atom is 0.306 e. The highest BCUT2D eigenvalue weighted by Gasteiger charge is 2.19. The van der Waals surface area contributed by atoms with Crippen molar-refractivity contribution in [2.45, 2.75) is 264 Å². The van der Waals surface area contributed by atoms with Gasteiger partial charge in [-0.25, -0.2) is 0 Å². The number of carbonyl (C=O) groups excluding carboxylic acids is 3. The number of carbonyl (C=O) groups is 3. The number of allylic oxidation sites excluding steroid dienone is 8. The van der Waals surface area contributed by atoms with Crippen molar-refractivity contribution in [2.24, 2.45) is 0 Å². The topological polar surface area (TPSA) is 78.9 Å². The van der Waals surface area contributed by atoms with Gasteiger partial charge < -0.3 is 14.2 Å². The van der Waals surface area contributed by atoms with Gasteiger partial charge in [-0.2, -0.15) is 0 Å². The predicted molar refractivity (Wildman–Crippen MR) is 256 cm³/mol. The molecule has 348 valence electrons. The van der Waals surface area contributed by atoms with Crippen LogP contribution in [0.4, 0.5) is 0 Å². The Kier molecular flexibility index (Phi) is 46.9. The van der Waals surface area contributed by atoms with Gasteiger partial charge in [-0.3, -0.25) is 14.4 Å². The van der Waals surface area contributed by atoms with Gasteiger partial charge in [-0.15, -0.1) is 0 Å². The van der Waals surface area contributed by atoms with Crippen molar-refractivity contribution in [3.63, 3.8) is 0 Å². The van der Waals surface area contributed by atoms with Crippen LogP contribution in [0.1, 0.15) is 258 Å². The molecule has 0 rings (SSSR count). The minimum absolute atomic E-state index is 0.0816. The first-order valence-electron chi connectivity index (χ1n) is 25.6. The smallest absolute Gasteiger partial charge is 0.306 e. The fourth-order valence-electron chi connectivity index (χ4n) is 7.15. The molecule has 0 aliphatic carbocycles. The van der Waals surface area contributed by atoms with Gasteiger partial charge in [-0.1, -0.05) is 204 Å². The molecule has 0 unspecified atom stereocenters. The number of hydrogen-bond donors (Lipinski definition) is 0. The summed E-state index contributed by atoms with van der Waals surface area (Å²) in [6.45, 7) is 6.57. The molecule has 0 bridgehead atoms. The molecule has 0 aromatic carbocycles. The average Bonchev–Trinajstić information content (AvgIpc) is 3.24.